The Morgan fingerprint density at radius 2 is 1.94 bits per heavy atom. The first-order valence-corrected chi connectivity index (χ1v) is 5.05. The van der Waals surface area contributed by atoms with Gasteiger partial charge in [-0.2, -0.15) is 13.2 Å². The Labute approximate surface area is 100.0 Å². The molecule has 17 heavy (non-hydrogen) atoms. The van der Waals surface area contributed by atoms with Crippen molar-refractivity contribution in [1.82, 2.24) is 0 Å². The van der Waals surface area contributed by atoms with Crippen molar-refractivity contribution >= 4 is 11.6 Å². The molecule has 0 bridgehead atoms. The summed E-state index contributed by atoms with van der Waals surface area (Å²) in [4.78, 5) is 0. The normalized spacial score (nSPS) is 15.7. The minimum atomic E-state index is -4.59. The molecule has 1 aromatic rings. The predicted octanol–water partition coefficient (Wildman–Crippen LogP) is 2.79. The zero-order valence-corrected chi connectivity index (χ0v) is 9.26. The van der Waals surface area contributed by atoms with Gasteiger partial charge in [-0.25, -0.2) is 4.39 Å². The standard InChI is InChI=1S/C10H10ClF4NO/c11-6-2-1-5(3-7(6)12)8(17)4-9(16)10(13,14)15/h1-3,8-9,17H,4,16H2/t8-,9-/m1/s1. The van der Waals surface area contributed by atoms with Gasteiger partial charge < -0.3 is 10.8 Å². The number of aliphatic hydroxyl groups excluding tert-OH is 1. The Morgan fingerprint density at radius 1 is 1.35 bits per heavy atom. The molecule has 0 aliphatic carbocycles. The molecule has 0 aromatic heterocycles. The van der Waals surface area contributed by atoms with Crippen LogP contribution in [0.1, 0.15) is 18.1 Å². The molecule has 0 saturated heterocycles. The molecule has 0 radical (unpaired) electrons. The van der Waals surface area contributed by atoms with Crippen molar-refractivity contribution in [2.24, 2.45) is 5.73 Å². The van der Waals surface area contributed by atoms with Gasteiger partial charge in [-0.15, -0.1) is 0 Å². The first-order valence-electron chi connectivity index (χ1n) is 4.67. The third-order valence-corrected chi connectivity index (χ3v) is 2.53. The fourth-order valence-electron chi connectivity index (χ4n) is 1.23. The maximum Gasteiger partial charge on any atom is 0.403 e. The second-order valence-corrected chi connectivity index (χ2v) is 3.98. The average molecular weight is 272 g/mol. The largest absolute Gasteiger partial charge is 0.403 e. The summed E-state index contributed by atoms with van der Waals surface area (Å²) in [7, 11) is 0. The van der Waals surface area contributed by atoms with Crippen LogP contribution in [0.15, 0.2) is 18.2 Å². The number of aliphatic hydroxyl groups is 1. The summed E-state index contributed by atoms with van der Waals surface area (Å²) in [6.07, 6.45) is -6.81. The molecule has 0 saturated carbocycles. The van der Waals surface area contributed by atoms with Crippen LogP contribution >= 0.6 is 11.6 Å². The molecule has 0 aliphatic heterocycles. The van der Waals surface area contributed by atoms with E-state index in [1.807, 2.05) is 0 Å². The van der Waals surface area contributed by atoms with E-state index >= 15 is 0 Å². The summed E-state index contributed by atoms with van der Waals surface area (Å²) in [5.74, 6) is -0.802. The highest BCUT2D eigenvalue weighted by atomic mass is 35.5. The van der Waals surface area contributed by atoms with Crippen molar-refractivity contribution in [1.29, 1.82) is 0 Å². The molecule has 0 heterocycles. The zero-order chi connectivity index (χ0) is 13.2. The highest BCUT2D eigenvalue weighted by Gasteiger charge is 2.37. The van der Waals surface area contributed by atoms with E-state index in [9.17, 15) is 22.7 Å². The van der Waals surface area contributed by atoms with Crippen LogP contribution in [0.2, 0.25) is 5.02 Å². The van der Waals surface area contributed by atoms with Crippen LogP contribution in [0.5, 0.6) is 0 Å². The van der Waals surface area contributed by atoms with Gasteiger partial charge >= 0.3 is 6.18 Å². The molecule has 0 amide bonds. The average Bonchev–Trinajstić information content (AvgIpc) is 2.20. The van der Waals surface area contributed by atoms with Gasteiger partial charge in [-0.05, 0) is 17.7 Å². The van der Waals surface area contributed by atoms with Crippen molar-refractivity contribution in [3.05, 3.63) is 34.6 Å². The van der Waals surface area contributed by atoms with Gasteiger partial charge in [0, 0.05) is 6.42 Å². The molecule has 0 spiro atoms. The molecule has 2 atom stereocenters. The third-order valence-electron chi connectivity index (χ3n) is 2.23. The smallest absolute Gasteiger partial charge is 0.388 e. The predicted molar refractivity (Wildman–Crippen MR) is 55.0 cm³/mol. The Bertz CT molecular complexity index is 396. The first kappa shape index (κ1) is 14.2. The second-order valence-electron chi connectivity index (χ2n) is 3.57. The summed E-state index contributed by atoms with van der Waals surface area (Å²) in [6, 6.07) is 1.14. The first-order chi connectivity index (χ1) is 7.71. The lowest BCUT2D eigenvalue weighted by atomic mass is 10.0. The maximum absolute atomic E-state index is 13.0. The van der Waals surface area contributed by atoms with Crippen molar-refractivity contribution in [2.75, 3.05) is 0 Å². The highest BCUT2D eigenvalue weighted by molar-refractivity contribution is 6.30. The Kier molecular flexibility index (Phi) is 4.35. The van der Waals surface area contributed by atoms with Crippen molar-refractivity contribution < 1.29 is 22.7 Å². The van der Waals surface area contributed by atoms with E-state index < -0.39 is 30.6 Å². The number of hydrogen-bond donors (Lipinski definition) is 2. The minimum Gasteiger partial charge on any atom is -0.388 e. The number of hydrogen-bond acceptors (Lipinski definition) is 2. The van der Waals surface area contributed by atoms with E-state index in [4.69, 9.17) is 17.3 Å². The SMILES string of the molecule is N[C@H](C[C@@H](O)c1ccc(Cl)c(F)c1)C(F)(F)F. The number of nitrogens with two attached hydrogens (primary N) is 1. The summed E-state index contributed by atoms with van der Waals surface area (Å²) < 4.78 is 49.4. The topological polar surface area (TPSA) is 46.2 Å². The van der Waals surface area contributed by atoms with Gasteiger partial charge in [0.2, 0.25) is 0 Å². The van der Waals surface area contributed by atoms with Crippen LogP contribution in [-0.2, 0) is 0 Å². The van der Waals surface area contributed by atoms with Crippen LogP contribution in [-0.4, -0.2) is 17.3 Å². The van der Waals surface area contributed by atoms with E-state index in [0.29, 0.717) is 0 Å². The van der Waals surface area contributed by atoms with E-state index in [1.54, 1.807) is 0 Å². The lowest BCUT2D eigenvalue weighted by Gasteiger charge is -2.19. The van der Waals surface area contributed by atoms with Crippen molar-refractivity contribution in [3.8, 4) is 0 Å². The monoisotopic (exact) mass is 271 g/mol. The van der Waals surface area contributed by atoms with Crippen molar-refractivity contribution in [2.45, 2.75) is 24.7 Å². The summed E-state index contributed by atoms with van der Waals surface area (Å²) in [6.45, 7) is 0. The Balaban J connectivity index is 2.76. The fourth-order valence-corrected chi connectivity index (χ4v) is 1.35. The molecule has 0 fully saturated rings. The fraction of sp³-hybridized carbons (Fsp3) is 0.400. The van der Waals surface area contributed by atoms with Gasteiger partial charge in [-0.3, -0.25) is 0 Å². The highest BCUT2D eigenvalue weighted by Crippen LogP contribution is 2.28. The van der Waals surface area contributed by atoms with Gasteiger partial charge in [-0.1, -0.05) is 17.7 Å². The molecule has 96 valence electrons. The molecule has 2 nitrogen and oxygen atoms in total. The van der Waals surface area contributed by atoms with Crippen LogP contribution < -0.4 is 5.73 Å². The van der Waals surface area contributed by atoms with Gasteiger partial charge in [0.25, 0.3) is 0 Å². The van der Waals surface area contributed by atoms with Crippen LogP contribution in [0.4, 0.5) is 17.6 Å². The number of alkyl halides is 3. The Morgan fingerprint density at radius 3 is 2.41 bits per heavy atom. The van der Waals surface area contributed by atoms with Crippen LogP contribution in [0.3, 0.4) is 0 Å². The molecule has 0 unspecified atom stereocenters. The maximum atomic E-state index is 13.0. The summed E-state index contributed by atoms with van der Waals surface area (Å²) in [5.41, 5.74) is 4.86. The molecular formula is C10H10ClF4NO. The number of halogens is 5. The quantitative estimate of drug-likeness (QED) is 0.831. The molecule has 0 aliphatic rings. The van der Waals surface area contributed by atoms with Crippen molar-refractivity contribution in [3.63, 3.8) is 0 Å². The van der Waals surface area contributed by atoms with Crippen LogP contribution in [0, 0.1) is 5.82 Å². The third kappa shape index (κ3) is 3.83. The number of rotatable bonds is 3. The lowest BCUT2D eigenvalue weighted by Crippen LogP contribution is -2.38. The lowest BCUT2D eigenvalue weighted by molar-refractivity contribution is -0.153. The molecule has 1 aromatic carbocycles. The molecule has 7 heteroatoms. The Hall–Kier alpha value is -0.850. The number of benzene rings is 1. The zero-order valence-electron chi connectivity index (χ0n) is 8.51. The van der Waals surface area contributed by atoms with Crippen LogP contribution in [0.25, 0.3) is 0 Å². The van der Waals surface area contributed by atoms with E-state index in [1.165, 1.54) is 6.07 Å². The summed E-state index contributed by atoms with van der Waals surface area (Å²) >= 11 is 5.40. The minimum absolute atomic E-state index is 0.00611. The second kappa shape index (κ2) is 5.20. The van der Waals surface area contributed by atoms with Gasteiger partial charge in [0.1, 0.15) is 11.9 Å². The molecular weight excluding hydrogens is 262 g/mol. The van der Waals surface area contributed by atoms with E-state index in [0.717, 1.165) is 12.1 Å². The molecule has 3 N–H and O–H groups in total. The van der Waals surface area contributed by atoms with Gasteiger partial charge in [0.15, 0.2) is 0 Å². The summed E-state index contributed by atoms with van der Waals surface area (Å²) in [5, 5.41) is 9.31. The van der Waals surface area contributed by atoms with Gasteiger partial charge in [0.05, 0.1) is 11.1 Å². The van der Waals surface area contributed by atoms with E-state index in [-0.39, 0.29) is 10.6 Å². The molecule has 1 rings (SSSR count). The van der Waals surface area contributed by atoms with E-state index in [2.05, 4.69) is 0 Å².